The number of benzene rings is 2. The zero-order chi connectivity index (χ0) is 19.3. The van der Waals surface area contributed by atoms with Crippen molar-refractivity contribution in [3.8, 4) is 16.3 Å². The number of nitrogens with zero attached hydrogens (tertiary/aromatic N) is 3. The first-order valence-corrected chi connectivity index (χ1v) is 10.4. The molecular weight excluding hydrogens is 397 g/mol. The van der Waals surface area contributed by atoms with E-state index in [4.69, 9.17) is 9.15 Å². The Balaban J connectivity index is 1.31. The molecule has 28 heavy (non-hydrogen) atoms. The van der Waals surface area contributed by atoms with Crippen LogP contribution in [0.4, 0.5) is 4.39 Å². The fraction of sp³-hybridized carbons (Fsp3) is 0.150. The topological polar surface area (TPSA) is 61.0 Å². The van der Waals surface area contributed by atoms with E-state index < -0.39 is 0 Å². The van der Waals surface area contributed by atoms with Crippen LogP contribution in [0.15, 0.2) is 63.6 Å². The molecule has 5 nitrogen and oxygen atoms in total. The Bertz CT molecular complexity index is 1060. The average Bonchev–Trinajstić information content (AvgIpc) is 3.35. The Kier molecular flexibility index (Phi) is 5.68. The normalized spacial score (nSPS) is 10.9. The van der Waals surface area contributed by atoms with Crippen molar-refractivity contribution < 1.29 is 13.5 Å². The zero-order valence-electron chi connectivity index (χ0n) is 15.0. The van der Waals surface area contributed by atoms with Gasteiger partial charge in [-0.05, 0) is 48.9 Å². The summed E-state index contributed by atoms with van der Waals surface area (Å²) in [7, 11) is 0. The highest BCUT2D eigenvalue weighted by Gasteiger charge is 2.10. The summed E-state index contributed by atoms with van der Waals surface area (Å²) < 4.78 is 24.3. The molecule has 0 atom stereocenters. The third-order valence-corrected chi connectivity index (χ3v) is 5.58. The van der Waals surface area contributed by atoms with Crippen LogP contribution in [0.5, 0.6) is 5.75 Å². The number of ether oxygens (including phenoxy) is 1. The van der Waals surface area contributed by atoms with Gasteiger partial charge in [0, 0.05) is 16.7 Å². The molecule has 2 aromatic heterocycles. The van der Waals surface area contributed by atoms with Crippen molar-refractivity contribution in [2.75, 3.05) is 0 Å². The lowest BCUT2D eigenvalue weighted by molar-refractivity contribution is 0.252. The van der Waals surface area contributed by atoms with Crippen molar-refractivity contribution in [2.24, 2.45) is 0 Å². The van der Waals surface area contributed by atoms with Gasteiger partial charge in [-0.3, -0.25) is 0 Å². The molecule has 4 rings (SSSR count). The Morgan fingerprint density at radius 2 is 2.00 bits per heavy atom. The molecule has 0 aliphatic carbocycles. The van der Waals surface area contributed by atoms with Gasteiger partial charge in [0.1, 0.15) is 16.6 Å². The van der Waals surface area contributed by atoms with E-state index >= 15 is 0 Å². The van der Waals surface area contributed by atoms with Crippen LogP contribution in [0, 0.1) is 12.7 Å². The van der Waals surface area contributed by atoms with Crippen molar-refractivity contribution >= 4 is 23.1 Å². The van der Waals surface area contributed by atoms with E-state index in [-0.39, 0.29) is 12.4 Å². The maximum Gasteiger partial charge on any atom is 0.277 e. The molecule has 0 bridgehead atoms. The molecule has 0 amide bonds. The summed E-state index contributed by atoms with van der Waals surface area (Å²) in [5, 5.41) is 11.3. The number of hydrogen-bond acceptors (Lipinski definition) is 7. The van der Waals surface area contributed by atoms with Gasteiger partial charge in [0.25, 0.3) is 11.1 Å². The lowest BCUT2D eigenvalue weighted by atomic mass is 10.2. The van der Waals surface area contributed by atoms with Crippen molar-refractivity contribution in [1.29, 1.82) is 0 Å². The lowest BCUT2D eigenvalue weighted by Gasteiger charge is -2.03. The summed E-state index contributed by atoms with van der Waals surface area (Å²) in [6, 6.07) is 14.1. The fourth-order valence-corrected chi connectivity index (χ4v) is 4.04. The van der Waals surface area contributed by atoms with Crippen LogP contribution in [0.25, 0.3) is 10.6 Å². The summed E-state index contributed by atoms with van der Waals surface area (Å²) in [4.78, 5) is 4.58. The Morgan fingerprint density at radius 1 is 1.14 bits per heavy atom. The van der Waals surface area contributed by atoms with E-state index in [9.17, 15) is 4.39 Å². The van der Waals surface area contributed by atoms with Gasteiger partial charge in [-0.1, -0.05) is 23.9 Å². The number of aryl methyl sites for hydroxylation is 1. The summed E-state index contributed by atoms with van der Waals surface area (Å²) in [5.74, 6) is 1.55. The summed E-state index contributed by atoms with van der Waals surface area (Å²) >= 11 is 2.94. The third-order valence-electron chi connectivity index (χ3n) is 3.79. The van der Waals surface area contributed by atoms with Crippen LogP contribution in [-0.4, -0.2) is 15.2 Å². The highest BCUT2D eigenvalue weighted by molar-refractivity contribution is 7.98. The summed E-state index contributed by atoms with van der Waals surface area (Å²) in [5.41, 5.74) is 2.93. The van der Waals surface area contributed by atoms with Gasteiger partial charge in [-0.15, -0.1) is 21.5 Å². The molecule has 0 aliphatic heterocycles. The Hall–Kier alpha value is -2.71. The fourth-order valence-electron chi connectivity index (χ4n) is 2.44. The molecule has 0 fully saturated rings. The molecule has 4 aromatic rings. The highest BCUT2D eigenvalue weighted by Crippen LogP contribution is 2.27. The number of rotatable bonds is 7. The minimum atomic E-state index is -0.255. The lowest BCUT2D eigenvalue weighted by Crippen LogP contribution is -1.95. The molecule has 0 radical (unpaired) electrons. The number of thioether (sulfide) groups is 1. The standard InChI is InChI=1S/C20H16FN3O2S2/c1-13-3-2-4-17(9-13)25-10-18-23-24-20(26-18)28-12-16-11-27-19(22-16)14-5-7-15(21)8-6-14/h2-9,11H,10,12H2,1H3. The molecule has 0 saturated carbocycles. The van der Waals surface area contributed by atoms with Crippen LogP contribution in [0.3, 0.4) is 0 Å². The number of thiazole rings is 1. The number of halogens is 1. The van der Waals surface area contributed by atoms with E-state index in [0.29, 0.717) is 16.9 Å². The van der Waals surface area contributed by atoms with Crippen molar-refractivity contribution in [1.82, 2.24) is 15.2 Å². The van der Waals surface area contributed by atoms with Crippen LogP contribution >= 0.6 is 23.1 Å². The van der Waals surface area contributed by atoms with Gasteiger partial charge >= 0.3 is 0 Å². The van der Waals surface area contributed by atoms with Crippen LogP contribution in [0.2, 0.25) is 0 Å². The van der Waals surface area contributed by atoms with Gasteiger partial charge in [-0.2, -0.15) is 0 Å². The van der Waals surface area contributed by atoms with E-state index in [2.05, 4.69) is 15.2 Å². The molecule has 0 unspecified atom stereocenters. The molecule has 0 N–H and O–H groups in total. The van der Waals surface area contributed by atoms with E-state index in [1.165, 1.54) is 35.2 Å². The zero-order valence-corrected chi connectivity index (χ0v) is 16.6. The first-order valence-electron chi connectivity index (χ1n) is 8.51. The van der Waals surface area contributed by atoms with Gasteiger partial charge in [0.05, 0.1) is 5.69 Å². The van der Waals surface area contributed by atoms with Gasteiger partial charge in [-0.25, -0.2) is 9.37 Å². The molecule has 8 heteroatoms. The van der Waals surface area contributed by atoms with Crippen LogP contribution in [-0.2, 0) is 12.4 Å². The van der Waals surface area contributed by atoms with Crippen LogP contribution in [0.1, 0.15) is 17.1 Å². The Labute approximate surface area is 169 Å². The molecule has 2 aromatic carbocycles. The largest absolute Gasteiger partial charge is 0.484 e. The van der Waals surface area contributed by atoms with E-state index in [1.807, 2.05) is 36.6 Å². The monoisotopic (exact) mass is 413 g/mol. The molecular formula is C20H16FN3O2S2. The smallest absolute Gasteiger partial charge is 0.277 e. The quantitative estimate of drug-likeness (QED) is 0.372. The first kappa shape index (κ1) is 18.6. The highest BCUT2D eigenvalue weighted by atomic mass is 32.2. The molecule has 142 valence electrons. The second-order valence-electron chi connectivity index (χ2n) is 6.01. The molecule has 0 spiro atoms. The third kappa shape index (κ3) is 4.76. The van der Waals surface area contributed by atoms with Crippen molar-refractivity contribution in [2.45, 2.75) is 24.5 Å². The maximum absolute atomic E-state index is 13.0. The summed E-state index contributed by atoms with van der Waals surface area (Å²) in [6.07, 6.45) is 0. The van der Waals surface area contributed by atoms with Crippen molar-refractivity contribution in [3.05, 3.63) is 76.9 Å². The van der Waals surface area contributed by atoms with Gasteiger partial charge in [0.2, 0.25) is 0 Å². The van der Waals surface area contributed by atoms with Gasteiger partial charge in [0.15, 0.2) is 6.61 Å². The predicted octanol–water partition coefficient (Wildman–Crippen LogP) is 5.51. The first-order chi connectivity index (χ1) is 13.7. The minimum Gasteiger partial charge on any atom is -0.484 e. The maximum atomic E-state index is 13.0. The van der Waals surface area contributed by atoms with Gasteiger partial charge < -0.3 is 9.15 Å². The van der Waals surface area contributed by atoms with Crippen molar-refractivity contribution in [3.63, 3.8) is 0 Å². The second kappa shape index (κ2) is 8.53. The average molecular weight is 413 g/mol. The summed E-state index contributed by atoms with van der Waals surface area (Å²) in [6.45, 7) is 2.23. The Morgan fingerprint density at radius 3 is 2.82 bits per heavy atom. The predicted molar refractivity (Wildman–Crippen MR) is 107 cm³/mol. The number of hydrogen-bond donors (Lipinski definition) is 0. The minimum absolute atomic E-state index is 0.225. The molecule has 2 heterocycles. The molecule has 0 aliphatic rings. The van der Waals surface area contributed by atoms with E-state index in [0.717, 1.165) is 27.6 Å². The van der Waals surface area contributed by atoms with E-state index in [1.54, 1.807) is 12.1 Å². The number of aromatic nitrogens is 3. The SMILES string of the molecule is Cc1cccc(OCc2nnc(SCc3csc(-c4ccc(F)cc4)n3)o2)c1. The molecule has 0 saturated heterocycles. The van der Waals surface area contributed by atoms with Crippen LogP contribution < -0.4 is 4.74 Å². The second-order valence-corrected chi connectivity index (χ2v) is 7.79.